The fourth-order valence-corrected chi connectivity index (χ4v) is 3.97. The summed E-state index contributed by atoms with van der Waals surface area (Å²) >= 11 is 6.23. The molecule has 0 aliphatic heterocycles. The van der Waals surface area contributed by atoms with Crippen molar-refractivity contribution >= 4 is 38.5 Å². The van der Waals surface area contributed by atoms with Crippen molar-refractivity contribution in [3.05, 3.63) is 64.8 Å². The SMILES string of the molecule is COCCNS(=O)(=O)c1ccc(C(=O)OCc2cc3ccc(OC)cc3nc2Cl)cc1. The molecule has 2 aromatic carbocycles. The van der Waals surface area contributed by atoms with Gasteiger partial charge in [0.25, 0.3) is 0 Å². The minimum Gasteiger partial charge on any atom is -0.497 e. The minimum absolute atomic E-state index is 0.0392. The van der Waals surface area contributed by atoms with Gasteiger partial charge in [-0.2, -0.15) is 0 Å². The van der Waals surface area contributed by atoms with E-state index in [0.717, 1.165) is 5.39 Å². The number of hydrogen-bond donors (Lipinski definition) is 1. The topological polar surface area (TPSA) is 104 Å². The molecule has 1 N–H and O–H groups in total. The lowest BCUT2D eigenvalue weighted by atomic mass is 10.1. The lowest BCUT2D eigenvalue weighted by Gasteiger charge is -2.09. The Morgan fingerprint density at radius 3 is 2.52 bits per heavy atom. The van der Waals surface area contributed by atoms with Gasteiger partial charge >= 0.3 is 5.97 Å². The van der Waals surface area contributed by atoms with Gasteiger partial charge in [0.1, 0.15) is 17.5 Å². The Balaban J connectivity index is 1.67. The van der Waals surface area contributed by atoms with Gasteiger partial charge in [0.15, 0.2) is 0 Å². The molecule has 0 atom stereocenters. The van der Waals surface area contributed by atoms with Crippen LogP contribution in [0.25, 0.3) is 10.9 Å². The number of benzene rings is 2. The van der Waals surface area contributed by atoms with Gasteiger partial charge in [0.05, 0.1) is 29.7 Å². The number of fused-ring (bicyclic) bond motifs is 1. The molecule has 1 heterocycles. The number of sulfonamides is 1. The number of nitrogens with zero attached hydrogens (tertiary/aromatic N) is 1. The number of aromatic nitrogens is 1. The van der Waals surface area contributed by atoms with Crippen molar-refractivity contribution in [2.75, 3.05) is 27.4 Å². The Bertz CT molecular complexity index is 1180. The Morgan fingerprint density at radius 1 is 1.10 bits per heavy atom. The lowest BCUT2D eigenvalue weighted by Crippen LogP contribution is -2.27. The molecule has 3 rings (SSSR count). The van der Waals surface area contributed by atoms with Gasteiger partial charge in [-0.15, -0.1) is 0 Å². The molecule has 8 nitrogen and oxygen atoms in total. The summed E-state index contributed by atoms with van der Waals surface area (Å²) in [5, 5.41) is 1.05. The molecule has 10 heteroatoms. The van der Waals surface area contributed by atoms with Crippen LogP contribution in [-0.4, -0.2) is 46.7 Å². The van der Waals surface area contributed by atoms with Gasteiger partial charge in [-0.1, -0.05) is 11.6 Å². The van der Waals surface area contributed by atoms with E-state index in [1.807, 2.05) is 6.07 Å². The first-order valence-corrected chi connectivity index (χ1v) is 11.1. The molecular formula is C21H21ClN2O6S. The summed E-state index contributed by atoms with van der Waals surface area (Å²) < 4.78 is 42.1. The third kappa shape index (κ3) is 5.71. The van der Waals surface area contributed by atoms with Gasteiger partial charge in [-0.25, -0.2) is 22.9 Å². The van der Waals surface area contributed by atoms with Crippen molar-refractivity contribution in [3.8, 4) is 5.75 Å². The third-order valence-electron chi connectivity index (χ3n) is 4.41. The maximum atomic E-state index is 12.4. The molecule has 3 aromatic rings. The van der Waals surface area contributed by atoms with Crippen LogP contribution in [0.15, 0.2) is 53.4 Å². The molecule has 0 amide bonds. The van der Waals surface area contributed by atoms with E-state index in [4.69, 9.17) is 25.8 Å². The standard InChI is InChI=1S/C21H21ClN2O6S/c1-28-10-9-23-31(26,27)18-7-4-14(5-8-18)21(25)30-13-16-11-15-3-6-17(29-2)12-19(15)24-20(16)22/h3-8,11-12,23H,9-10,13H2,1-2H3. The fourth-order valence-electron chi connectivity index (χ4n) is 2.75. The molecule has 1 aromatic heterocycles. The lowest BCUT2D eigenvalue weighted by molar-refractivity contribution is 0.0472. The second-order valence-corrected chi connectivity index (χ2v) is 8.61. The average Bonchev–Trinajstić information content (AvgIpc) is 2.77. The maximum absolute atomic E-state index is 12.4. The number of carbonyl (C=O) groups is 1. The summed E-state index contributed by atoms with van der Waals surface area (Å²) in [6, 6.07) is 12.6. The Hall–Kier alpha value is -2.72. The monoisotopic (exact) mass is 464 g/mol. The highest BCUT2D eigenvalue weighted by Gasteiger charge is 2.16. The van der Waals surface area contributed by atoms with Crippen LogP contribution < -0.4 is 9.46 Å². The summed E-state index contributed by atoms with van der Waals surface area (Å²) in [4.78, 5) is 16.7. The normalized spacial score (nSPS) is 11.5. The molecule has 0 fully saturated rings. The Labute approximate surface area is 185 Å². The van der Waals surface area contributed by atoms with Gasteiger partial charge in [-0.3, -0.25) is 0 Å². The molecular weight excluding hydrogens is 444 g/mol. The number of hydrogen-bond acceptors (Lipinski definition) is 7. The molecule has 164 valence electrons. The number of nitrogens with one attached hydrogen (secondary N) is 1. The second-order valence-electron chi connectivity index (χ2n) is 6.49. The average molecular weight is 465 g/mol. The number of halogens is 1. The zero-order valence-corrected chi connectivity index (χ0v) is 18.5. The van der Waals surface area contributed by atoms with Gasteiger partial charge in [0.2, 0.25) is 10.0 Å². The summed E-state index contributed by atoms with van der Waals surface area (Å²) in [5.74, 6) is 0.0526. The van der Waals surface area contributed by atoms with Crippen molar-refractivity contribution in [3.63, 3.8) is 0 Å². The number of rotatable bonds is 9. The highest BCUT2D eigenvalue weighted by atomic mass is 35.5. The number of carbonyl (C=O) groups excluding carboxylic acids is 1. The predicted octanol–water partition coefficient (Wildman–Crippen LogP) is 3.18. The zero-order valence-electron chi connectivity index (χ0n) is 16.9. The van der Waals surface area contributed by atoms with Crippen molar-refractivity contribution in [1.82, 2.24) is 9.71 Å². The first kappa shape index (κ1) is 23.0. The highest BCUT2D eigenvalue weighted by Crippen LogP contribution is 2.25. The van der Waals surface area contributed by atoms with Crippen LogP contribution in [0.4, 0.5) is 0 Å². The smallest absolute Gasteiger partial charge is 0.338 e. The Kier molecular flexibility index (Phi) is 7.45. The maximum Gasteiger partial charge on any atom is 0.338 e. The molecule has 31 heavy (non-hydrogen) atoms. The molecule has 0 aliphatic rings. The van der Waals surface area contributed by atoms with Crippen LogP contribution in [0.5, 0.6) is 5.75 Å². The number of pyridine rings is 1. The number of ether oxygens (including phenoxy) is 3. The van der Waals surface area contributed by atoms with Crippen LogP contribution in [0.1, 0.15) is 15.9 Å². The van der Waals surface area contributed by atoms with Crippen molar-refractivity contribution in [1.29, 1.82) is 0 Å². The molecule has 0 bridgehead atoms. The quantitative estimate of drug-likeness (QED) is 0.294. The minimum atomic E-state index is -3.68. The van der Waals surface area contributed by atoms with Gasteiger partial charge < -0.3 is 14.2 Å². The zero-order chi connectivity index (χ0) is 22.4. The van der Waals surface area contributed by atoms with Gasteiger partial charge in [-0.05, 0) is 42.5 Å². The van der Waals surface area contributed by atoms with E-state index in [9.17, 15) is 13.2 Å². The largest absolute Gasteiger partial charge is 0.497 e. The summed E-state index contributed by atoms with van der Waals surface area (Å²) in [5.41, 5.74) is 1.43. The first-order chi connectivity index (χ1) is 14.8. The van der Waals surface area contributed by atoms with Gasteiger partial charge in [0, 0.05) is 30.7 Å². The highest BCUT2D eigenvalue weighted by molar-refractivity contribution is 7.89. The van der Waals surface area contributed by atoms with Crippen LogP contribution in [-0.2, 0) is 26.1 Å². The van der Waals surface area contributed by atoms with E-state index >= 15 is 0 Å². The van der Waals surface area contributed by atoms with Crippen LogP contribution >= 0.6 is 11.6 Å². The summed E-state index contributed by atoms with van der Waals surface area (Å²) in [7, 11) is -0.633. The van der Waals surface area contributed by atoms with E-state index in [2.05, 4.69) is 9.71 Å². The van der Waals surface area contributed by atoms with Crippen molar-refractivity contribution in [2.24, 2.45) is 0 Å². The molecule has 0 spiro atoms. The first-order valence-electron chi connectivity index (χ1n) is 9.23. The van der Waals surface area contributed by atoms with Crippen LogP contribution in [0.2, 0.25) is 5.15 Å². The van der Waals surface area contributed by atoms with E-state index in [1.165, 1.54) is 31.4 Å². The third-order valence-corrected chi connectivity index (χ3v) is 6.21. The van der Waals surface area contributed by atoms with E-state index in [0.29, 0.717) is 16.8 Å². The van der Waals surface area contributed by atoms with Crippen molar-refractivity contribution in [2.45, 2.75) is 11.5 Å². The van der Waals surface area contributed by atoms with Crippen LogP contribution in [0, 0.1) is 0 Å². The predicted molar refractivity (Wildman–Crippen MR) is 116 cm³/mol. The van der Waals surface area contributed by atoms with E-state index < -0.39 is 16.0 Å². The number of esters is 1. The second kappa shape index (κ2) is 10.1. The Morgan fingerprint density at radius 2 is 1.84 bits per heavy atom. The van der Waals surface area contributed by atoms with Crippen LogP contribution in [0.3, 0.4) is 0 Å². The van der Waals surface area contributed by atoms with E-state index in [-0.39, 0.29) is 35.4 Å². The summed E-state index contributed by atoms with van der Waals surface area (Å²) in [6.07, 6.45) is 0. The molecule has 0 unspecified atom stereocenters. The fraction of sp³-hybridized carbons (Fsp3) is 0.238. The molecule has 0 saturated carbocycles. The molecule has 0 saturated heterocycles. The summed E-state index contributed by atoms with van der Waals surface area (Å²) in [6.45, 7) is 0.324. The van der Waals surface area contributed by atoms with Crippen molar-refractivity contribution < 1.29 is 27.4 Å². The molecule has 0 radical (unpaired) electrons. The molecule has 0 aliphatic carbocycles. The van der Waals surface area contributed by atoms with E-state index in [1.54, 1.807) is 25.3 Å². The number of methoxy groups -OCH3 is 2.